The molecule has 0 atom stereocenters. The Kier molecular flexibility index (Phi) is 3.60. The number of hydrogen-bond donors (Lipinski definition) is 1. The highest BCUT2D eigenvalue weighted by molar-refractivity contribution is 5.81. The van der Waals surface area contributed by atoms with Gasteiger partial charge >= 0.3 is 0 Å². The van der Waals surface area contributed by atoms with Crippen LogP contribution in [0.5, 0.6) is 0 Å². The van der Waals surface area contributed by atoms with E-state index in [2.05, 4.69) is 4.99 Å². The average Bonchev–Trinajstić information content (AvgIpc) is 1.83. The molecule has 0 fully saturated rings. The molecule has 0 heterocycles. The molecule has 0 radical (unpaired) electrons. The predicted molar refractivity (Wildman–Crippen MR) is 41.3 cm³/mol. The molecule has 0 aromatic heterocycles. The van der Waals surface area contributed by atoms with Crippen molar-refractivity contribution in [3.05, 3.63) is 11.8 Å². The van der Waals surface area contributed by atoms with E-state index in [0.717, 1.165) is 11.3 Å². The molecule has 0 aliphatic heterocycles. The molecule has 0 saturated carbocycles. The minimum atomic E-state index is 0.871. The van der Waals surface area contributed by atoms with Gasteiger partial charge in [-0.25, -0.2) is 0 Å². The van der Waals surface area contributed by atoms with Gasteiger partial charge in [0.05, 0.1) is 0 Å². The molecule has 0 spiro atoms. The van der Waals surface area contributed by atoms with Crippen LogP contribution in [-0.2, 0) is 0 Å². The van der Waals surface area contributed by atoms with Crippen LogP contribution < -0.4 is 0 Å². The maximum Gasteiger partial charge on any atom is 0.0311 e. The Hall–Kier alpha value is -0.920. The second-order valence-electron chi connectivity index (χ2n) is 2.09. The first-order valence-electron chi connectivity index (χ1n) is 2.85. The van der Waals surface area contributed by atoms with E-state index in [1.165, 1.54) is 6.21 Å². The van der Waals surface area contributed by atoms with Gasteiger partial charge in [0.25, 0.3) is 0 Å². The standard InChI is InChI=1S/C7H12N2/c1-6(2)9-5-7(3)4-8/h4-5,8H,1-3H3. The van der Waals surface area contributed by atoms with Crippen molar-refractivity contribution in [1.82, 2.24) is 0 Å². The quantitative estimate of drug-likeness (QED) is 0.547. The maximum atomic E-state index is 6.79. The number of nitrogens with zero attached hydrogens (tertiary/aromatic N) is 1. The topological polar surface area (TPSA) is 36.2 Å². The van der Waals surface area contributed by atoms with Crippen molar-refractivity contribution in [2.75, 3.05) is 0 Å². The lowest BCUT2D eigenvalue weighted by atomic mass is 10.4. The van der Waals surface area contributed by atoms with E-state index in [1.807, 2.05) is 20.8 Å². The average molecular weight is 124 g/mol. The lowest BCUT2D eigenvalue weighted by molar-refractivity contribution is 1.42. The van der Waals surface area contributed by atoms with Crippen LogP contribution in [0.2, 0.25) is 0 Å². The van der Waals surface area contributed by atoms with E-state index >= 15 is 0 Å². The molecule has 0 aromatic rings. The van der Waals surface area contributed by atoms with E-state index in [1.54, 1.807) is 6.20 Å². The van der Waals surface area contributed by atoms with Crippen LogP contribution in [0, 0.1) is 5.41 Å². The van der Waals surface area contributed by atoms with Crippen molar-refractivity contribution in [3.8, 4) is 0 Å². The van der Waals surface area contributed by atoms with Gasteiger partial charge in [-0.2, -0.15) is 0 Å². The summed E-state index contributed by atoms with van der Waals surface area (Å²) in [5, 5.41) is 6.79. The molecule has 0 bridgehead atoms. The summed E-state index contributed by atoms with van der Waals surface area (Å²) in [6, 6.07) is 0. The van der Waals surface area contributed by atoms with Crippen molar-refractivity contribution < 1.29 is 0 Å². The molecule has 50 valence electrons. The summed E-state index contributed by atoms with van der Waals surface area (Å²) in [4.78, 5) is 4.00. The normalized spacial score (nSPS) is 10.8. The highest BCUT2D eigenvalue weighted by Gasteiger charge is 1.76. The number of hydrogen-bond acceptors (Lipinski definition) is 2. The zero-order chi connectivity index (χ0) is 7.28. The van der Waals surface area contributed by atoms with Crippen molar-refractivity contribution >= 4 is 11.9 Å². The minimum absolute atomic E-state index is 0.871. The fraction of sp³-hybridized carbons (Fsp3) is 0.429. The Bertz CT molecular complexity index is 150. The number of nitrogens with one attached hydrogen (secondary N) is 1. The monoisotopic (exact) mass is 124 g/mol. The summed E-state index contributed by atoms with van der Waals surface area (Å²) in [5.41, 5.74) is 1.88. The Labute approximate surface area is 55.8 Å². The molecular formula is C7H12N2. The summed E-state index contributed by atoms with van der Waals surface area (Å²) in [6.07, 6.45) is 2.97. The van der Waals surface area contributed by atoms with Crippen LogP contribution in [0.15, 0.2) is 16.8 Å². The van der Waals surface area contributed by atoms with Crippen molar-refractivity contribution in [2.24, 2.45) is 4.99 Å². The first-order chi connectivity index (χ1) is 4.16. The van der Waals surface area contributed by atoms with Crippen LogP contribution in [0.25, 0.3) is 0 Å². The second kappa shape index (κ2) is 4.01. The van der Waals surface area contributed by atoms with Gasteiger partial charge in [-0.15, -0.1) is 0 Å². The Morgan fingerprint density at radius 3 is 2.22 bits per heavy atom. The highest BCUT2D eigenvalue weighted by Crippen LogP contribution is 1.87. The molecule has 0 aliphatic carbocycles. The van der Waals surface area contributed by atoms with Gasteiger partial charge in [0, 0.05) is 18.1 Å². The van der Waals surface area contributed by atoms with Gasteiger partial charge in [0.2, 0.25) is 0 Å². The summed E-state index contributed by atoms with van der Waals surface area (Å²) >= 11 is 0. The van der Waals surface area contributed by atoms with Gasteiger partial charge in [-0.3, -0.25) is 4.99 Å². The molecule has 0 saturated heterocycles. The van der Waals surface area contributed by atoms with E-state index in [0.29, 0.717) is 0 Å². The van der Waals surface area contributed by atoms with Crippen LogP contribution in [0.4, 0.5) is 0 Å². The number of rotatable bonds is 2. The molecule has 0 amide bonds. The number of allylic oxidation sites excluding steroid dienone is 1. The first kappa shape index (κ1) is 8.08. The largest absolute Gasteiger partial charge is 0.308 e. The second-order valence-corrected chi connectivity index (χ2v) is 2.09. The third kappa shape index (κ3) is 4.94. The summed E-state index contributed by atoms with van der Waals surface area (Å²) in [6.45, 7) is 5.70. The smallest absolute Gasteiger partial charge is 0.0311 e. The molecule has 1 N–H and O–H groups in total. The van der Waals surface area contributed by atoms with E-state index < -0.39 is 0 Å². The highest BCUT2D eigenvalue weighted by atomic mass is 14.7. The van der Waals surface area contributed by atoms with Crippen molar-refractivity contribution in [2.45, 2.75) is 20.8 Å². The molecule has 9 heavy (non-hydrogen) atoms. The van der Waals surface area contributed by atoms with Crippen LogP contribution in [0.3, 0.4) is 0 Å². The SMILES string of the molecule is CC(C=N)=CN=C(C)C. The zero-order valence-electron chi connectivity index (χ0n) is 6.10. The van der Waals surface area contributed by atoms with Crippen LogP contribution in [-0.4, -0.2) is 11.9 Å². The molecule has 0 aromatic carbocycles. The fourth-order valence-corrected chi connectivity index (χ4v) is 0.268. The predicted octanol–water partition coefficient (Wildman–Crippen LogP) is 2.02. The molecule has 0 aliphatic rings. The third-order valence-corrected chi connectivity index (χ3v) is 0.754. The molecule has 0 unspecified atom stereocenters. The van der Waals surface area contributed by atoms with Gasteiger partial charge < -0.3 is 5.41 Å². The lowest BCUT2D eigenvalue weighted by Gasteiger charge is -1.85. The lowest BCUT2D eigenvalue weighted by Crippen LogP contribution is -1.78. The van der Waals surface area contributed by atoms with Gasteiger partial charge in [-0.1, -0.05) is 0 Å². The van der Waals surface area contributed by atoms with E-state index in [-0.39, 0.29) is 0 Å². The van der Waals surface area contributed by atoms with Gasteiger partial charge in [0.15, 0.2) is 0 Å². The third-order valence-electron chi connectivity index (χ3n) is 0.754. The van der Waals surface area contributed by atoms with Crippen molar-refractivity contribution in [1.29, 1.82) is 5.41 Å². The molecule has 2 nitrogen and oxygen atoms in total. The fourth-order valence-electron chi connectivity index (χ4n) is 0.268. The first-order valence-corrected chi connectivity index (χ1v) is 2.85. The van der Waals surface area contributed by atoms with Gasteiger partial charge in [-0.05, 0) is 26.3 Å². The summed E-state index contributed by atoms with van der Waals surface area (Å²) in [5.74, 6) is 0. The van der Waals surface area contributed by atoms with Crippen LogP contribution in [0.1, 0.15) is 20.8 Å². The van der Waals surface area contributed by atoms with Gasteiger partial charge in [0.1, 0.15) is 0 Å². The maximum absolute atomic E-state index is 6.79. The van der Waals surface area contributed by atoms with E-state index in [4.69, 9.17) is 5.41 Å². The Morgan fingerprint density at radius 1 is 1.33 bits per heavy atom. The molecular weight excluding hydrogens is 112 g/mol. The summed E-state index contributed by atoms with van der Waals surface area (Å²) < 4.78 is 0. The van der Waals surface area contributed by atoms with Crippen molar-refractivity contribution in [3.63, 3.8) is 0 Å². The summed E-state index contributed by atoms with van der Waals surface area (Å²) in [7, 11) is 0. The number of aliphatic imine (C=N–C) groups is 1. The molecule has 2 heteroatoms. The Balaban J connectivity index is 3.98. The zero-order valence-corrected chi connectivity index (χ0v) is 6.10. The van der Waals surface area contributed by atoms with Crippen LogP contribution >= 0.6 is 0 Å². The van der Waals surface area contributed by atoms with E-state index in [9.17, 15) is 0 Å². The minimum Gasteiger partial charge on any atom is -0.308 e. The Morgan fingerprint density at radius 2 is 1.89 bits per heavy atom. The molecule has 0 rings (SSSR count).